The highest BCUT2D eigenvalue weighted by molar-refractivity contribution is 6.35. The Balaban J connectivity index is 1.84. The van der Waals surface area contributed by atoms with Gasteiger partial charge >= 0.3 is 0 Å². The molecule has 6 nitrogen and oxygen atoms in total. The molecule has 0 saturated carbocycles. The second-order valence-electron chi connectivity index (χ2n) is 4.69. The minimum atomic E-state index is -0.564. The molecule has 2 aromatic carbocycles. The molecule has 2 rings (SSSR count). The van der Waals surface area contributed by atoms with Crippen molar-refractivity contribution in [3.63, 3.8) is 0 Å². The number of benzene rings is 2. The zero-order chi connectivity index (χ0) is 17.5. The van der Waals surface area contributed by atoms with Crippen molar-refractivity contribution in [2.75, 3.05) is 18.5 Å². The third-order valence-electron chi connectivity index (χ3n) is 2.77. The number of rotatable bonds is 7. The smallest absolute Gasteiger partial charge is 0.262 e. The summed E-state index contributed by atoms with van der Waals surface area (Å²) in [4.78, 5) is 22.5. The number of hydrogen-bond donors (Lipinski definition) is 2. The maximum atomic E-state index is 11.9. The molecule has 24 heavy (non-hydrogen) atoms. The van der Waals surface area contributed by atoms with Crippen LogP contribution in [0.1, 0.15) is 0 Å². The summed E-state index contributed by atoms with van der Waals surface area (Å²) in [6.07, 6.45) is 0. The van der Waals surface area contributed by atoms with E-state index >= 15 is 0 Å². The minimum Gasteiger partial charge on any atom is -0.484 e. The molecule has 2 amide bonds. The summed E-state index contributed by atoms with van der Waals surface area (Å²) in [5.74, 6) is -0.0837. The molecule has 0 bridgehead atoms. The lowest BCUT2D eigenvalue weighted by molar-refractivity contribution is -0.120. The number of nitrogens with two attached hydrogens (primary N) is 1. The molecule has 126 valence electrons. The highest BCUT2D eigenvalue weighted by atomic mass is 35.5. The predicted molar refractivity (Wildman–Crippen MR) is 91.7 cm³/mol. The molecule has 0 heterocycles. The van der Waals surface area contributed by atoms with Crippen LogP contribution in [0.2, 0.25) is 10.0 Å². The van der Waals surface area contributed by atoms with Gasteiger partial charge in [-0.1, -0.05) is 23.2 Å². The Morgan fingerprint density at radius 1 is 1.00 bits per heavy atom. The molecule has 0 aromatic heterocycles. The Bertz CT molecular complexity index is 735. The molecular formula is C16H14Cl2N2O4. The molecule has 8 heteroatoms. The summed E-state index contributed by atoms with van der Waals surface area (Å²) in [6, 6.07) is 11.2. The number of nitrogens with one attached hydrogen (secondary N) is 1. The van der Waals surface area contributed by atoms with Gasteiger partial charge in [0.2, 0.25) is 0 Å². The van der Waals surface area contributed by atoms with Gasteiger partial charge in [0.05, 0.1) is 5.02 Å². The maximum Gasteiger partial charge on any atom is 0.262 e. The van der Waals surface area contributed by atoms with Crippen LogP contribution in [0, 0.1) is 0 Å². The second-order valence-corrected chi connectivity index (χ2v) is 5.53. The van der Waals surface area contributed by atoms with Gasteiger partial charge < -0.3 is 20.5 Å². The number of halogens is 2. The monoisotopic (exact) mass is 368 g/mol. The molecule has 0 spiro atoms. The summed E-state index contributed by atoms with van der Waals surface area (Å²) in [7, 11) is 0. The van der Waals surface area contributed by atoms with E-state index in [-0.39, 0.29) is 19.1 Å². The first kappa shape index (κ1) is 17.9. The Hall–Kier alpha value is -2.44. The van der Waals surface area contributed by atoms with Crippen molar-refractivity contribution in [2.24, 2.45) is 5.73 Å². The van der Waals surface area contributed by atoms with E-state index in [2.05, 4.69) is 5.32 Å². The molecule has 2 aromatic rings. The van der Waals surface area contributed by atoms with Crippen molar-refractivity contribution in [2.45, 2.75) is 0 Å². The van der Waals surface area contributed by atoms with E-state index in [0.717, 1.165) is 0 Å². The van der Waals surface area contributed by atoms with E-state index in [4.69, 9.17) is 38.4 Å². The lowest BCUT2D eigenvalue weighted by atomic mass is 10.3. The van der Waals surface area contributed by atoms with E-state index in [1.165, 1.54) is 6.07 Å². The normalized spacial score (nSPS) is 10.1. The number of ether oxygens (including phenoxy) is 2. The largest absolute Gasteiger partial charge is 0.484 e. The van der Waals surface area contributed by atoms with Crippen LogP contribution in [0.25, 0.3) is 0 Å². The molecule has 0 unspecified atom stereocenters. The van der Waals surface area contributed by atoms with Gasteiger partial charge in [0.15, 0.2) is 13.2 Å². The fraction of sp³-hybridized carbons (Fsp3) is 0.125. The standard InChI is InChI=1S/C16H14Cl2N2O4/c17-10-1-6-14(13(18)7-10)24-9-16(22)20-11-2-4-12(5-3-11)23-8-15(19)21/h1-7H,8-9H2,(H2,19,21)(H,20,22). The summed E-state index contributed by atoms with van der Waals surface area (Å²) in [6.45, 7) is -0.414. The molecule has 0 fully saturated rings. The van der Waals surface area contributed by atoms with Gasteiger partial charge in [-0.05, 0) is 42.5 Å². The van der Waals surface area contributed by atoms with E-state index < -0.39 is 5.91 Å². The van der Waals surface area contributed by atoms with E-state index in [9.17, 15) is 9.59 Å². The summed E-state index contributed by atoms with van der Waals surface area (Å²) in [5.41, 5.74) is 5.54. The lowest BCUT2D eigenvalue weighted by Crippen LogP contribution is -2.20. The summed E-state index contributed by atoms with van der Waals surface area (Å²) in [5, 5.41) is 3.46. The van der Waals surface area contributed by atoms with Crippen LogP contribution in [0.4, 0.5) is 5.69 Å². The average molecular weight is 369 g/mol. The summed E-state index contributed by atoms with van der Waals surface area (Å²) >= 11 is 11.7. The number of carbonyl (C=O) groups is 2. The molecule has 0 saturated heterocycles. The Morgan fingerprint density at radius 2 is 1.71 bits per heavy atom. The third kappa shape index (κ3) is 5.64. The number of anilines is 1. The maximum absolute atomic E-state index is 11.9. The van der Waals surface area contributed by atoms with Crippen LogP contribution in [0.5, 0.6) is 11.5 Å². The SMILES string of the molecule is NC(=O)COc1ccc(NC(=O)COc2ccc(Cl)cc2Cl)cc1. The first-order chi connectivity index (χ1) is 11.4. The van der Waals surface area contributed by atoms with E-state index in [1.54, 1.807) is 36.4 Å². The second kappa shape index (κ2) is 8.42. The minimum absolute atomic E-state index is 0.207. The molecular weight excluding hydrogens is 355 g/mol. The molecule has 0 radical (unpaired) electrons. The molecule has 3 N–H and O–H groups in total. The van der Waals surface area contributed by atoms with Crippen LogP contribution < -0.4 is 20.5 Å². The van der Waals surface area contributed by atoms with Gasteiger partial charge in [0.1, 0.15) is 11.5 Å². The van der Waals surface area contributed by atoms with Crippen molar-refractivity contribution in [1.82, 2.24) is 0 Å². The van der Waals surface area contributed by atoms with Crippen molar-refractivity contribution in [3.05, 3.63) is 52.5 Å². The Morgan fingerprint density at radius 3 is 2.33 bits per heavy atom. The highest BCUT2D eigenvalue weighted by Gasteiger charge is 2.07. The van der Waals surface area contributed by atoms with Crippen molar-refractivity contribution >= 4 is 40.7 Å². The topological polar surface area (TPSA) is 90.7 Å². The zero-order valence-corrected chi connectivity index (χ0v) is 13.9. The molecule has 0 aliphatic carbocycles. The van der Waals surface area contributed by atoms with Crippen molar-refractivity contribution in [3.8, 4) is 11.5 Å². The van der Waals surface area contributed by atoms with Crippen molar-refractivity contribution < 1.29 is 19.1 Å². The molecule has 0 aliphatic rings. The quantitative estimate of drug-likeness (QED) is 0.785. The fourth-order valence-electron chi connectivity index (χ4n) is 1.72. The predicted octanol–water partition coefficient (Wildman–Crippen LogP) is 2.88. The van der Waals surface area contributed by atoms with Gasteiger partial charge in [-0.25, -0.2) is 0 Å². The van der Waals surface area contributed by atoms with Gasteiger partial charge in [0.25, 0.3) is 11.8 Å². The van der Waals surface area contributed by atoms with Gasteiger partial charge in [-0.2, -0.15) is 0 Å². The number of hydrogen-bond acceptors (Lipinski definition) is 4. The Labute approximate surface area is 148 Å². The number of carbonyl (C=O) groups excluding carboxylic acids is 2. The van der Waals surface area contributed by atoms with Crippen LogP contribution in [0.3, 0.4) is 0 Å². The van der Waals surface area contributed by atoms with Crippen LogP contribution >= 0.6 is 23.2 Å². The highest BCUT2D eigenvalue weighted by Crippen LogP contribution is 2.27. The third-order valence-corrected chi connectivity index (χ3v) is 3.30. The molecule has 0 atom stereocenters. The lowest BCUT2D eigenvalue weighted by Gasteiger charge is -2.09. The number of amides is 2. The Kier molecular flexibility index (Phi) is 6.28. The van der Waals surface area contributed by atoms with Crippen molar-refractivity contribution in [1.29, 1.82) is 0 Å². The average Bonchev–Trinajstić information content (AvgIpc) is 2.53. The van der Waals surface area contributed by atoms with Crippen LogP contribution in [-0.2, 0) is 9.59 Å². The first-order valence-corrected chi connectivity index (χ1v) is 7.58. The van der Waals surface area contributed by atoms with E-state index in [1.807, 2.05) is 0 Å². The van der Waals surface area contributed by atoms with Crippen LogP contribution in [0.15, 0.2) is 42.5 Å². The molecule has 0 aliphatic heterocycles. The van der Waals surface area contributed by atoms with Gasteiger partial charge in [-0.15, -0.1) is 0 Å². The summed E-state index contributed by atoms with van der Waals surface area (Å²) < 4.78 is 10.5. The first-order valence-electron chi connectivity index (χ1n) is 6.83. The van der Waals surface area contributed by atoms with Crippen LogP contribution in [-0.4, -0.2) is 25.0 Å². The zero-order valence-electron chi connectivity index (χ0n) is 12.4. The van der Waals surface area contributed by atoms with E-state index in [0.29, 0.717) is 27.2 Å². The van der Waals surface area contributed by atoms with Gasteiger partial charge in [-0.3, -0.25) is 9.59 Å². The number of primary amides is 1. The van der Waals surface area contributed by atoms with Gasteiger partial charge in [0, 0.05) is 10.7 Å². The fourth-order valence-corrected chi connectivity index (χ4v) is 2.18.